The summed E-state index contributed by atoms with van der Waals surface area (Å²) in [5.41, 5.74) is 8.15. The first-order chi connectivity index (χ1) is 8.54. The first-order valence-corrected chi connectivity index (χ1v) is 7.02. The number of nitrogens with zero attached hydrogens (tertiary/aromatic N) is 3. The Kier molecular flexibility index (Phi) is 3.95. The molecule has 1 aliphatic rings. The molecule has 1 aromatic rings. The van der Waals surface area contributed by atoms with Gasteiger partial charge in [-0.15, -0.1) is 0 Å². The summed E-state index contributed by atoms with van der Waals surface area (Å²) in [5, 5.41) is 4.51. The fraction of sp³-hybridized carbons (Fsp3) is 0.786. The van der Waals surface area contributed by atoms with Gasteiger partial charge in [-0.2, -0.15) is 5.10 Å². The molecule has 0 bridgehead atoms. The molecule has 0 spiro atoms. The lowest BCUT2D eigenvalue weighted by Crippen LogP contribution is -2.37. The molecule has 4 nitrogen and oxygen atoms in total. The van der Waals surface area contributed by atoms with Crippen LogP contribution in [0.15, 0.2) is 0 Å². The third kappa shape index (κ3) is 2.39. The minimum absolute atomic E-state index is 0.582. The molecule has 0 radical (unpaired) electrons. The summed E-state index contributed by atoms with van der Waals surface area (Å²) in [5.74, 6) is 2.91. The van der Waals surface area contributed by atoms with Crippen molar-refractivity contribution >= 4 is 5.82 Å². The van der Waals surface area contributed by atoms with Crippen LogP contribution in [-0.4, -0.2) is 22.9 Å². The van der Waals surface area contributed by atoms with E-state index in [-0.39, 0.29) is 0 Å². The topological polar surface area (TPSA) is 47.1 Å². The lowest BCUT2D eigenvalue weighted by molar-refractivity contribution is 0.309. The average Bonchev–Trinajstić information content (AvgIpc) is 2.63. The molecule has 1 saturated heterocycles. The normalized spacial score (nSPS) is 17.8. The molecule has 2 rings (SSSR count). The van der Waals surface area contributed by atoms with Crippen molar-refractivity contribution in [3.63, 3.8) is 0 Å². The van der Waals surface area contributed by atoms with E-state index in [0.717, 1.165) is 30.6 Å². The van der Waals surface area contributed by atoms with Crippen molar-refractivity contribution in [2.45, 2.75) is 40.2 Å². The fourth-order valence-corrected chi connectivity index (χ4v) is 3.10. The van der Waals surface area contributed by atoms with Gasteiger partial charge in [0.05, 0.1) is 5.69 Å². The average molecular weight is 250 g/mol. The standard InChI is InChI=1S/C14H26N4/c1-10(2)12-5-7-18(8-6-12)14-13(9-15)11(3)16-17(14)4/h10,12H,5-9,15H2,1-4H3. The summed E-state index contributed by atoms with van der Waals surface area (Å²) in [4.78, 5) is 2.46. The lowest BCUT2D eigenvalue weighted by atomic mass is 9.86. The molecule has 2 N–H and O–H groups in total. The van der Waals surface area contributed by atoms with Gasteiger partial charge in [0.2, 0.25) is 0 Å². The van der Waals surface area contributed by atoms with Crippen molar-refractivity contribution in [3.8, 4) is 0 Å². The Morgan fingerprint density at radius 2 is 1.94 bits per heavy atom. The van der Waals surface area contributed by atoms with Crippen LogP contribution < -0.4 is 10.6 Å². The molecule has 1 aliphatic heterocycles. The molecule has 1 fully saturated rings. The first kappa shape index (κ1) is 13.4. The maximum Gasteiger partial charge on any atom is 0.131 e. The van der Waals surface area contributed by atoms with Crippen molar-refractivity contribution in [1.29, 1.82) is 0 Å². The Balaban J connectivity index is 2.14. The van der Waals surface area contributed by atoms with E-state index in [0.29, 0.717) is 6.54 Å². The summed E-state index contributed by atoms with van der Waals surface area (Å²) >= 11 is 0. The van der Waals surface area contributed by atoms with Crippen LogP contribution in [0.2, 0.25) is 0 Å². The monoisotopic (exact) mass is 250 g/mol. The highest BCUT2D eigenvalue weighted by atomic mass is 15.4. The van der Waals surface area contributed by atoms with Crippen LogP contribution in [-0.2, 0) is 13.6 Å². The molecule has 0 aliphatic carbocycles. The smallest absolute Gasteiger partial charge is 0.131 e. The minimum atomic E-state index is 0.582. The van der Waals surface area contributed by atoms with Gasteiger partial charge in [-0.25, -0.2) is 0 Å². The van der Waals surface area contributed by atoms with Gasteiger partial charge in [0, 0.05) is 32.2 Å². The number of rotatable bonds is 3. The highest BCUT2D eigenvalue weighted by Crippen LogP contribution is 2.30. The van der Waals surface area contributed by atoms with E-state index in [9.17, 15) is 0 Å². The SMILES string of the molecule is Cc1nn(C)c(N2CCC(C(C)C)CC2)c1CN. The molecule has 1 aromatic heterocycles. The zero-order chi connectivity index (χ0) is 13.3. The Morgan fingerprint density at radius 3 is 2.44 bits per heavy atom. The van der Waals surface area contributed by atoms with E-state index in [1.165, 1.54) is 24.2 Å². The van der Waals surface area contributed by atoms with Gasteiger partial charge in [0.1, 0.15) is 5.82 Å². The predicted octanol–water partition coefficient (Wildman–Crippen LogP) is 2.06. The molecular formula is C14H26N4. The minimum Gasteiger partial charge on any atom is -0.357 e. The van der Waals surface area contributed by atoms with Crippen molar-refractivity contribution in [3.05, 3.63) is 11.3 Å². The molecule has 102 valence electrons. The number of piperidine rings is 1. The maximum atomic E-state index is 5.87. The molecular weight excluding hydrogens is 224 g/mol. The highest BCUT2D eigenvalue weighted by Gasteiger charge is 2.25. The molecule has 0 saturated carbocycles. The molecule has 4 heteroatoms. The van der Waals surface area contributed by atoms with Crippen molar-refractivity contribution in [2.24, 2.45) is 24.6 Å². The van der Waals surface area contributed by atoms with E-state index in [2.05, 4.69) is 23.8 Å². The second-order valence-corrected chi connectivity index (χ2v) is 5.78. The van der Waals surface area contributed by atoms with Crippen LogP contribution in [0.4, 0.5) is 5.82 Å². The van der Waals surface area contributed by atoms with E-state index in [1.807, 2.05) is 18.7 Å². The Bertz CT molecular complexity index is 400. The number of nitrogens with two attached hydrogens (primary N) is 1. The first-order valence-electron chi connectivity index (χ1n) is 7.02. The molecule has 0 aromatic carbocycles. The van der Waals surface area contributed by atoms with E-state index in [4.69, 9.17) is 5.73 Å². The van der Waals surface area contributed by atoms with Crippen LogP contribution in [0.5, 0.6) is 0 Å². The zero-order valence-corrected chi connectivity index (χ0v) is 12.1. The Morgan fingerprint density at radius 1 is 1.33 bits per heavy atom. The van der Waals surface area contributed by atoms with Crippen LogP contribution in [0.25, 0.3) is 0 Å². The second-order valence-electron chi connectivity index (χ2n) is 5.78. The van der Waals surface area contributed by atoms with Gasteiger partial charge in [0.15, 0.2) is 0 Å². The quantitative estimate of drug-likeness (QED) is 0.893. The van der Waals surface area contributed by atoms with E-state index >= 15 is 0 Å². The number of anilines is 1. The molecule has 2 heterocycles. The van der Waals surface area contributed by atoms with Gasteiger partial charge in [-0.05, 0) is 31.6 Å². The molecule has 0 amide bonds. The van der Waals surface area contributed by atoms with Crippen LogP contribution in [0.1, 0.15) is 37.9 Å². The largest absolute Gasteiger partial charge is 0.357 e. The van der Waals surface area contributed by atoms with Crippen molar-refractivity contribution in [1.82, 2.24) is 9.78 Å². The summed E-state index contributed by atoms with van der Waals surface area (Å²) < 4.78 is 1.99. The number of aryl methyl sites for hydroxylation is 2. The third-order valence-corrected chi connectivity index (χ3v) is 4.30. The number of hydrogen-bond acceptors (Lipinski definition) is 3. The number of aromatic nitrogens is 2. The van der Waals surface area contributed by atoms with Crippen LogP contribution >= 0.6 is 0 Å². The molecule has 0 unspecified atom stereocenters. The van der Waals surface area contributed by atoms with Crippen molar-refractivity contribution < 1.29 is 0 Å². The molecule has 0 atom stereocenters. The summed E-state index contributed by atoms with van der Waals surface area (Å²) in [6.45, 7) is 9.56. The van der Waals surface area contributed by atoms with E-state index < -0.39 is 0 Å². The maximum absolute atomic E-state index is 5.87. The Labute approximate surface area is 110 Å². The summed E-state index contributed by atoms with van der Waals surface area (Å²) in [6.07, 6.45) is 2.57. The van der Waals surface area contributed by atoms with Gasteiger partial charge < -0.3 is 10.6 Å². The highest BCUT2D eigenvalue weighted by molar-refractivity contribution is 5.50. The second kappa shape index (κ2) is 5.31. The Hall–Kier alpha value is -1.03. The van der Waals surface area contributed by atoms with Crippen LogP contribution in [0, 0.1) is 18.8 Å². The summed E-state index contributed by atoms with van der Waals surface area (Å²) in [6, 6.07) is 0. The summed E-state index contributed by atoms with van der Waals surface area (Å²) in [7, 11) is 2.02. The van der Waals surface area contributed by atoms with E-state index in [1.54, 1.807) is 0 Å². The molecule has 18 heavy (non-hydrogen) atoms. The van der Waals surface area contributed by atoms with Crippen molar-refractivity contribution in [2.75, 3.05) is 18.0 Å². The van der Waals surface area contributed by atoms with Gasteiger partial charge in [0.25, 0.3) is 0 Å². The van der Waals surface area contributed by atoms with Gasteiger partial charge in [-0.3, -0.25) is 4.68 Å². The van der Waals surface area contributed by atoms with Crippen LogP contribution in [0.3, 0.4) is 0 Å². The fourth-order valence-electron chi connectivity index (χ4n) is 3.10. The zero-order valence-electron chi connectivity index (χ0n) is 12.1. The lowest BCUT2D eigenvalue weighted by Gasteiger charge is -2.35. The predicted molar refractivity (Wildman–Crippen MR) is 75.6 cm³/mol. The van der Waals surface area contributed by atoms with Gasteiger partial charge >= 0.3 is 0 Å². The number of hydrogen-bond donors (Lipinski definition) is 1. The van der Waals surface area contributed by atoms with Gasteiger partial charge in [-0.1, -0.05) is 13.8 Å². The third-order valence-electron chi connectivity index (χ3n) is 4.30.